The fourth-order valence-electron chi connectivity index (χ4n) is 3.82. The van der Waals surface area contributed by atoms with E-state index in [0.717, 1.165) is 25.1 Å². The largest absolute Gasteiger partial charge is 0.438 e. The third-order valence-electron chi connectivity index (χ3n) is 5.33. The van der Waals surface area contributed by atoms with Gasteiger partial charge >= 0.3 is 0 Å². The number of pyridine rings is 1. The molecular formula is C19H23N3O4. The Kier molecular flexibility index (Phi) is 4.74. The van der Waals surface area contributed by atoms with Crippen molar-refractivity contribution in [2.45, 2.75) is 32.0 Å². The summed E-state index contributed by atoms with van der Waals surface area (Å²) in [5, 5.41) is 0. The SMILES string of the molecule is Cc1ncoc1C(=O)N1CC2(C1)OCCC2CCOCc1ccccn1. The summed E-state index contributed by atoms with van der Waals surface area (Å²) in [6.45, 7) is 4.93. The second-order valence-electron chi connectivity index (χ2n) is 6.99. The molecule has 1 unspecified atom stereocenters. The molecule has 1 atom stereocenters. The number of carbonyl (C=O) groups excluding carboxylic acids is 1. The van der Waals surface area contributed by atoms with Crippen molar-refractivity contribution in [2.24, 2.45) is 5.92 Å². The Balaban J connectivity index is 1.26. The van der Waals surface area contributed by atoms with Gasteiger partial charge in [0.1, 0.15) is 5.60 Å². The highest BCUT2D eigenvalue weighted by Gasteiger charge is 2.54. The van der Waals surface area contributed by atoms with Crippen molar-refractivity contribution in [1.29, 1.82) is 0 Å². The molecule has 26 heavy (non-hydrogen) atoms. The Morgan fingerprint density at radius 2 is 2.27 bits per heavy atom. The predicted octanol–water partition coefficient (Wildman–Crippen LogP) is 2.22. The molecule has 7 heteroatoms. The lowest BCUT2D eigenvalue weighted by Crippen LogP contribution is -2.66. The Bertz CT molecular complexity index is 755. The molecule has 2 aliphatic heterocycles. The van der Waals surface area contributed by atoms with Crippen molar-refractivity contribution in [1.82, 2.24) is 14.9 Å². The van der Waals surface area contributed by atoms with Gasteiger partial charge in [-0.2, -0.15) is 0 Å². The zero-order valence-corrected chi connectivity index (χ0v) is 14.9. The Morgan fingerprint density at radius 3 is 3.00 bits per heavy atom. The average Bonchev–Trinajstić information content (AvgIpc) is 3.24. The number of likely N-dealkylation sites (tertiary alicyclic amines) is 1. The normalized spacial score (nSPS) is 21.1. The first-order valence-electron chi connectivity index (χ1n) is 8.99. The van der Waals surface area contributed by atoms with Gasteiger partial charge in [-0.15, -0.1) is 0 Å². The molecule has 0 saturated carbocycles. The summed E-state index contributed by atoms with van der Waals surface area (Å²) in [5.74, 6) is 0.630. The number of hydrogen-bond donors (Lipinski definition) is 0. The minimum absolute atomic E-state index is 0.105. The number of hydrogen-bond acceptors (Lipinski definition) is 6. The van der Waals surface area contributed by atoms with Crippen molar-refractivity contribution in [3.8, 4) is 0 Å². The second kappa shape index (κ2) is 7.17. The summed E-state index contributed by atoms with van der Waals surface area (Å²) in [4.78, 5) is 22.5. The van der Waals surface area contributed by atoms with Crippen molar-refractivity contribution in [3.05, 3.63) is 47.9 Å². The van der Waals surface area contributed by atoms with E-state index in [-0.39, 0.29) is 11.5 Å². The quantitative estimate of drug-likeness (QED) is 0.738. The van der Waals surface area contributed by atoms with Gasteiger partial charge in [-0.1, -0.05) is 6.07 Å². The number of nitrogens with zero attached hydrogens (tertiary/aromatic N) is 3. The smallest absolute Gasteiger partial charge is 0.291 e. The van der Waals surface area contributed by atoms with Crippen LogP contribution in [0.4, 0.5) is 0 Å². The van der Waals surface area contributed by atoms with Gasteiger partial charge in [0.15, 0.2) is 6.39 Å². The highest BCUT2D eigenvalue weighted by Crippen LogP contribution is 2.42. The van der Waals surface area contributed by atoms with Gasteiger partial charge in [0.2, 0.25) is 5.76 Å². The molecule has 7 nitrogen and oxygen atoms in total. The third-order valence-corrected chi connectivity index (χ3v) is 5.33. The maximum absolute atomic E-state index is 12.5. The minimum Gasteiger partial charge on any atom is -0.438 e. The van der Waals surface area contributed by atoms with Crippen molar-refractivity contribution < 1.29 is 18.7 Å². The van der Waals surface area contributed by atoms with Gasteiger partial charge in [0.25, 0.3) is 5.91 Å². The molecule has 2 aliphatic rings. The zero-order chi connectivity index (χ0) is 18.0. The number of aromatic nitrogens is 2. The maximum Gasteiger partial charge on any atom is 0.291 e. The standard InChI is InChI=1S/C19H23N3O4/c1-14-17(25-13-21-14)18(23)22-11-19(12-22)15(6-9-26-19)5-8-24-10-16-4-2-3-7-20-16/h2-4,7,13,15H,5-6,8-12H2,1H3. The summed E-state index contributed by atoms with van der Waals surface area (Å²) in [7, 11) is 0. The van der Waals surface area contributed by atoms with Gasteiger partial charge < -0.3 is 18.8 Å². The van der Waals surface area contributed by atoms with Crippen LogP contribution < -0.4 is 0 Å². The molecular weight excluding hydrogens is 334 g/mol. The molecule has 138 valence electrons. The van der Waals surface area contributed by atoms with E-state index in [9.17, 15) is 4.79 Å². The molecule has 1 amide bonds. The van der Waals surface area contributed by atoms with E-state index in [1.165, 1.54) is 6.39 Å². The van der Waals surface area contributed by atoms with Crippen LogP contribution in [0.1, 0.15) is 34.8 Å². The van der Waals surface area contributed by atoms with E-state index < -0.39 is 0 Å². The summed E-state index contributed by atoms with van der Waals surface area (Å²) in [6, 6.07) is 5.82. The molecule has 2 fully saturated rings. The molecule has 1 spiro atoms. The Morgan fingerprint density at radius 1 is 1.38 bits per heavy atom. The molecule has 2 aromatic rings. The first-order valence-corrected chi connectivity index (χ1v) is 8.99. The molecule has 0 aromatic carbocycles. The molecule has 4 rings (SSSR count). The maximum atomic E-state index is 12.5. The van der Waals surface area contributed by atoms with Crippen LogP contribution in [-0.4, -0.2) is 52.7 Å². The van der Waals surface area contributed by atoms with Crippen LogP contribution in [0.25, 0.3) is 0 Å². The van der Waals surface area contributed by atoms with E-state index >= 15 is 0 Å². The van der Waals surface area contributed by atoms with E-state index in [1.54, 1.807) is 18.0 Å². The summed E-state index contributed by atoms with van der Waals surface area (Å²) in [5.41, 5.74) is 1.34. The van der Waals surface area contributed by atoms with Gasteiger partial charge in [-0.25, -0.2) is 4.98 Å². The monoisotopic (exact) mass is 357 g/mol. The van der Waals surface area contributed by atoms with Gasteiger partial charge in [-0.05, 0) is 37.8 Å². The number of rotatable bonds is 6. The second-order valence-corrected chi connectivity index (χ2v) is 6.99. The summed E-state index contributed by atoms with van der Waals surface area (Å²) >= 11 is 0. The van der Waals surface area contributed by atoms with Crippen molar-refractivity contribution in [2.75, 3.05) is 26.3 Å². The molecule has 0 aliphatic carbocycles. The molecule has 2 saturated heterocycles. The lowest BCUT2D eigenvalue weighted by molar-refractivity contribution is -0.121. The number of carbonyl (C=O) groups is 1. The number of aryl methyl sites for hydroxylation is 1. The van der Waals surface area contributed by atoms with Crippen molar-refractivity contribution in [3.63, 3.8) is 0 Å². The highest BCUT2D eigenvalue weighted by atomic mass is 16.5. The van der Waals surface area contributed by atoms with Crippen LogP contribution in [-0.2, 0) is 16.1 Å². The van der Waals surface area contributed by atoms with Crippen LogP contribution in [0, 0.1) is 12.8 Å². The average molecular weight is 357 g/mol. The van der Waals surface area contributed by atoms with Gasteiger partial charge in [0, 0.05) is 19.4 Å². The fourth-order valence-corrected chi connectivity index (χ4v) is 3.82. The lowest BCUT2D eigenvalue weighted by Gasteiger charge is -2.50. The molecule has 4 heterocycles. The first-order chi connectivity index (χ1) is 12.7. The first kappa shape index (κ1) is 17.2. The van der Waals surface area contributed by atoms with Gasteiger partial charge in [0.05, 0.1) is 31.1 Å². The minimum atomic E-state index is -0.224. The zero-order valence-electron chi connectivity index (χ0n) is 14.9. The van der Waals surface area contributed by atoms with E-state index in [4.69, 9.17) is 13.9 Å². The molecule has 0 radical (unpaired) electrons. The number of amides is 1. The lowest BCUT2D eigenvalue weighted by atomic mass is 9.79. The van der Waals surface area contributed by atoms with Crippen LogP contribution in [0.5, 0.6) is 0 Å². The number of ether oxygens (including phenoxy) is 2. The number of oxazole rings is 1. The third kappa shape index (κ3) is 3.24. The highest BCUT2D eigenvalue weighted by molar-refractivity contribution is 5.93. The Hall–Kier alpha value is -2.25. The Labute approximate surface area is 152 Å². The molecule has 0 N–H and O–H groups in total. The van der Waals surface area contributed by atoms with E-state index in [1.807, 2.05) is 18.2 Å². The van der Waals surface area contributed by atoms with Crippen LogP contribution >= 0.6 is 0 Å². The van der Waals surface area contributed by atoms with E-state index in [0.29, 0.717) is 43.7 Å². The molecule has 0 bridgehead atoms. The van der Waals surface area contributed by atoms with Gasteiger partial charge in [-0.3, -0.25) is 9.78 Å². The summed E-state index contributed by atoms with van der Waals surface area (Å²) in [6.07, 6.45) is 5.02. The fraction of sp³-hybridized carbons (Fsp3) is 0.526. The molecule has 2 aromatic heterocycles. The predicted molar refractivity (Wildman–Crippen MR) is 92.4 cm³/mol. The van der Waals surface area contributed by atoms with Crippen LogP contribution in [0.3, 0.4) is 0 Å². The van der Waals surface area contributed by atoms with Crippen LogP contribution in [0.2, 0.25) is 0 Å². The topological polar surface area (TPSA) is 77.7 Å². The summed E-state index contributed by atoms with van der Waals surface area (Å²) < 4.78 is 17.0. The van der Waals surface area contributed by atoms with Crippen molar-refractivity contribution >= 4 is 5.91 Å². The van der Waals surface area contributed by atoms with Crippen LogP contribution in [0.15, 0.2) is 35.2 Å². The van der Waals surface area contributed by atoms with E-state index in [2.05, 4.69) is 9.97 Å².